The fourth-order valence-electron chi connectivity index (χ4n) is 6.22. The molecule has 1 saturated heterocycles. The van der Waals surface area contributed by atoms with Crippen molar-refractivity contribution in [3.8, 4) is 0 Å². The summed E-state index contributed by atoms with van der Waals surface area (Å²) in [6.07, 6.45) is 16.1. The van der Waals surface area contributed by atoms with Crippen LogP contribution in [0, 0.1) is 0 Å². The Morgan fingerprint density at radius 3 is 1.76 bits per heavy atom. The van der Waals surface area contributed by atoms with Crippen molar-refractivity contribution in [1.82, 2.24) is 5.32 Å². The third kappa shape index (κ3) is 22.6. The first-order valence-electron chi connectivity index (χ1n) is 19.7. The summed E-state index contributed by atoms with van der Waals surface area (Å²) < 4.78 is 47.2. The van der Waals surface area contributed by atoms with Crippen LogP contribution in [0.3, 0.4) is 0 Å². The van der Waals surface area contributed by atoms with Crippen molar-refractivity contribution in [2.24, 2.45) is 0 Å². The summed E-state index contributed by atoms with van der Waals surface area (Å²) in [5.74, 6) is -0.706. The Kier molecular flexibility index (Phi) is 27.4. The summed E-state index contributed by atoms with van der Waals surface area (Å²) in [6, 6.07) is -1.11. The van der Waals surface area contributed by atoms with E-state index in [4.69, 9.17) is 14.0 Å². The van der Waals surface area contributed by atoms with Crippen LogP contribution in [-0.4, -0.2) is 107 Å². The van der Waals surface area contributed by atoms with Crippen molar-refractivity contribution in [3.63, 3.8) is 0 Å². The normalized spacial score (nSPS) is 23.0. The molecule has 8 unspecified atom stereocenters. The third-order valence-electron chi connectivity index (χ3n) is 9.43. The van der Waals surface area contributed by atoms with Gasteiger partial charge < -0.3 is 40.3 Å². The Morgan fingerprint density at radius 2 is 1.27 bits per heavy atom. The van der Waals surface area contributed by atoms with E-state index in [1.54, 1.807) is 0 Å². The lowest BCUT2D eigenvalue weighted by atomic mass is 9.99. The second-order valence-corrected chi connectivity index (χ2v) is 15.1. The maximum atomic E-state index is 13.0. The third-order valence-corrected chi connectivity index (χ3v) is 9.89. The van der Waals surface area contributed by atoms with Gasteiger partial charge in [0.2, 0.25) is 5.91 Å². The number of rotatable bonds is 32. The molecule has 0 aromatic carbocycles. The largest absolute Gasteiger partial charge is 0.397 e. The van der Waals surface area contributed by atoms with Crippen molar-refractivity contribution in [1.29, 1.82) is 0 Å². The average molecular weight is 754 g/mol. The number of amides is 1. The van der Waals surface area contributed by atoms with Crippen LogP contribution in [0.1, 0.15) is 155 Å². The summed E-state index contributed by atoms with van der Waals surface area (Å²) in [5, 5.41) is 54.8. The minimum absolute atomic E-state index is 0.245. The van der Waals surface area contributed by atoms with Crippen molar-refractivity contribution < 1.29 is 57.0 Å². The monoisotopic (exact) mass is 753 g/mol. The van der Waals surface area contributed by atoms with Crippen LogP contribution in [0.25, 0.3) is 0 Å². The molecule has 1 aliphatic heterocycles. The van der Waals surface area contributed by atoms with Crippen LogP contribution in [-0.2, 0) is 28.9 Å². The first-order chi connectivity index (χ1) is 24.4. The molecule has 13 nitrogen and oxygen atoms in total. The predicted octanol–water partition coefficient (Wildman–Crippen LogP) is 5.01. The van der Waals surface area contributed by atoms with Gasteiger partial charge in [-0.25, -0.2) is 4.18 Å². The lowest BCUT2D eigenvalue weighted by Crippen LogP contribution is -2.61. The highest BCUT2D eigenvalue weighted by Crippen LogP contribution is 2.26. The molecule has 0 bridgehead atoms. The molecule has 51 heavy (non-hydrogen) atoms. The molecule has 0 radical (unpaired) electrons. The molecule has 1 heterocycles. The standard InChI is InChI=1S/C37H71NO12S/c1-3-5-7-9-11-13-14-15-16-18-19-21-23-25-30(40)29(38-36(44)31(41)26-24-22-20-17-12-10-8-6-4-2)28-48-37-34(43)35(50-51(45,46)47)33(42)32(27-39)49-37/h23,25,29-35,37,39-43H,3-22,24,26-28H2,1-2H3,(H,38,44)(H,45,46,47)/b25-23+. The predicted molar refractivity (Wildman–Crippen MR) is 196 cm³/mol. The first kappa shape index (κ1) is 47.8. The van der Waals surface area contributed by atoms with Gasteiger partial charge in [0.15, 0.2) is 6.29 Å². The summed E-state index contributed by atoms with van der Waals surface area (Å²) in [4.78, 5) is 13.0. The van der Waals surface area contributed by atoms with E-state index in [0.29, 0.717) is 12.8 Å². The zero-order valence-electron chi connectivity index (χ0n) is 31.3. The van der Waals surface area contributed by atoms with E-state index < -0.39 is 78.5 Å². The van der Waals surface area contributed by atoms with Crippen LogP contribution in [0.15, 0.2) is 12.2 Å². The number of aliphatic hydroxyl groups excluding tert-OH is 5. The van der Waals surface area contributed by atoms with Gasteiger partial charge in [-0.15, -0.1) is 0 Å². The number of hydrogen-bond donors (Lipinski definition) is 7. The quantitative estimate of drug-likeness (QED) is 0.0274. The highest BCUT2D eigenvalue weighted by Gasteiger charge is 2.48. The fourth-order valence-corrected chi connectivity index (χ4v) is 6.73. The molecule has 14 heteroatoms. The summed E-state index contributed by atoms with van der Waals surface area (Å²) >= 11 is 0. The van der Waals surface area contributed by atoms with E-state index in [1.165, 1.54) is 89.5 Å². The van der Waals surface area contributed by atoms with Gasteiger partial charge in [0.25, 0.3) is 0 Å². The zero-order chi connectivity index (χ0) is 37.9. The van der Waals surface area contributed by atoms with E-state index in [-0.39, 0.29) is 6.42 Å². The van der Waals surface area contributed by atoms with E-state index in [2.05, 4.69) is 23.3 Å². The molecule has 1 aliphatic rings. The Labute approximate surface area is 307 Å². The van der Waals surface area contributed by atoms with E-state index in [1.807, 2.05) is 6.08 Å². The molecule has 1 amide bonds. The number of unbranched alkanes of at least 4 members (excludes halogenated alkanes) is 19. The molecule has 8 atom stereocenters. The molecule has 0 spiro atoms. The number of carbonyl (C=O) groups excluding carboxylic acids is 1. The smallest absolute Gasteiger partial charge is 0.394 e. The van der Waals surface area contributed by atoms with E-state index in [0.717, 1.165) is 38.5 Å². The number of ether oxygens (including phenoxy) is 2. The maximum absolute atomic E-state index is 13.0. The van der Waals surface area contributed by atoms with Gasteiger partial charge in [0, 0.05) is 0 Å². The fraction of sp³-hybridized carbons (Fsp3) is 0.919. The number of nitrogens with one attached hydrogen (secondary N) is 1. The Hall–Kier alpha value is -1.20. The summed E-state index contributed by atoms with van der Waals surface area (Å²) in [7, 11) is -5.11. The average Bonchev–Trinajstić information content (AvgIpc) is 3.09. The molecule has 1 fully saturated rings. The summed E-state index contributed by atoms with van der Waals surface area (Å²) in [6.45, 7) is 3.14. The number of aliphatic hydroxyl groups is 5. The minimum Gasteiger partial charge on any atom is -0.394 e. The highest BCUT2D eigenvalue weighted by atomic mass is 32.3. The van der Waals surface area contributed by atoms with E-state index >= 15 is 0 Å². The number of hydrogen-bond acceptors (Lipinski definition) is 11. The van der Waals surface area contributed by atoms with Gasteiger partial charge in [0.1, 0.15) is 30.5 Å². The Balaban J connectivity index is 2.71. The maximum Gasteiger partial charge on any atom is 0.397 e. The highest BCUT2D eigenvalue weighted by molar-refractivity contribution is 7.80. The Morgan fingerprint density at radius 1 is 0.784 bits per heavy atom. The van der Waals surface area contributed by atoms with Crippen molar-refractivity contribution in [3.05, 3.63) is 12.2 Å². The van der Waals surface area contributed by atoms with Crippen LogP contribution < -0.4 is 5.32 Å². The van der Waals surface area contributed by atoms with Gasteiger partial charge in [-0.05, 0) is 19.3 Å². The zero-order valence-corrected chi connectivity index (χ0v) is 32.1. The number of carbonyl (C=O) groups is 1. The van der Waals surface area contributed by atoms with Gasteiger partial charge in [0.05, 0.1) is 25.4 Å². The SMILES string of the molecule is CCCCCCCCCCCCC/C=C/C(O)C(COC1OC(CO)C(O)C(OS(=O)(=O)O)C1O)NC(=O)C(O)CCCCCCCCCCC. The minimum atomic E-state index is -5.11. The number of allylic oxidation sites excluding steroid dienone is 1. The van der Waals surface area contributed by atoms with Gasteiger partial charge in [-0.2, -0.15) is 8.42 Å². The molecular formula is C37H71NO12S. The lowest BCUT2D eigenvalue weighted by Gasteiger charge is -2.41. The molecule has 302 valence electrons. The van der Waals surface area contributed by atoms with Crippen LogP contribution in [0.4, 0.5) is 0 Å². The second-order valence-electron chi connectivity index (χ2n) is 14.0. The topological polar surface area (TPSA) is 212 Å². The first-order valence-corrected chi connectivity index (χ1v) is 21.0. The molecular weight excluding hydrogens is 682 g/mol. The Bertz CT molecular complexity index is 1000. The van der Waals surface area contributed by atoms with Crippen LogP contribution >= 0.6 is 0 Å². The van der Waals surface area contributed by atoms with Crippen LogP contribution in [0.2, 0.25) is 0 Å². The molecule has 0 aliphatic carbocycles. The molecule has 0 aromatic rings. The molecule has 0 saturated carbocycles. The van der Waals surface area contributed by atoms with Gasteiger partial charge in [-0.3, -0.25) is 9.35 Å². The summed E-state index contributed by atoms with van der Waals surface area (Å²) in [5.41, 5.74) is 0. The lowest BCUT2D eigenvalue weighted by molar-refractivity contribution is -0.298. The van der Waals surface area contributed by atoms with Crippen LogP contribution in [0.5, 0.6) is 0 Å². The molecule has 7 N–H and O–H groups in total. The van der Waals surface area contributed by atoms with Crippen molar-refractivity contribution in [2.75, 3.05) is 13.2 Å². The molecule has 1 rings (SSSR count). The van der Waals surface area contributed by atoms with Gasteiger partial charge >= 0.3 is 10.4 Å². The van der Waals surface area contributed by atoms with Crippen molar-refractivity contribution in [2.45, 2.75) is 204 Å². The van der Waals surface area contributed by atoms with Gasteiger partial charge in [-0.1, -0.05) is 148 Å². The second kappa shape index (κ2) is 29.2. The van der Waals surface area contributed by atoms with E-state index in [9.17, 15) is 38.7 Å². The van der Waals surface area contributed by atoms with Crippen molar-refractivity contribution >= 4 is 16.3 Å². The molecule has 0 aromatic heterocycles.